The van der Waals surface area contributed by atoms with Crippen LogP contribution in [-0.2, 0) is 10.0 Å². The Kier molecular flexibility index (Phi) is 12.1. The summed E-state index contributed by atoms with van der Waals surface area (Å²) in [6.45, 7) is 1.41. The molecule has 2 amide bonds. The number of methoxy groups -OCH3 is 1. The SMILES string of the molecule is COc1ccc(S(=O)(=O)N2CCCC(CNC(=O)N[C]3CCCCCCC3)C2)cc1.[CH2].[CH2]. The van der Waals surface area contributed by atoms with Gasteiger partial charge in [0.1, 0.15) is 5.75 Å². The number of benzene rings is 1. The van der Waals surface area contributed by atoms with Gasteiger partial charge < -0.3 is 15.4 Å². The number of carbonyl (C=O) groups excluding carboxylic acids is 1. The Bertz CT molecular complexity index is 775. The zero-order chi connectivity index (χ0) is 21.4. The van der Waals surface area contributed by atoms with Crippen molar-refractivity contribution in [1.82, 2.24) is 14.9 Å². The van der Waals surface area contributed by atoms with Crippen molar-refractivity contribution in [3.63, 3.8) is 0 Å². The van der Waals surface area contributed by atoms with Crippen LogP contribution in [0.2, 0.25) is 0 Å². The fourth-order valence-corrected chi connectivity index (χ4v) is 5.76. The van der Waals surface area contributed by atoms with E-state index in [0.29, 0.717) is 25.4 Å². The molecule has 1 aromatic rings. The van der Waals surface area contributed by atoms with Crippen LogP contribution in [-0.4, -0.2) is 45.5 Å². The maximum Gasteiger partial charge on any atom is 0.315 e. The van der Waals surface area contributed by atoms with Crippen molar-refractivity contribution in [3.8, 4) is 5.75 Å². The predicted octanol–water partition coefficient (Wildman–Crippen LogP) is 4.33. The molecule has 7 nitrogen and oxygen atoms in total. The fraction of sp³-hybridized carbons (Fsp3) is 0.583. The highest BCUT2D eigenvalue weighted by molar-refractivity contribution is 7.89. The van der Waals surface area contributed by atoms with E-state index >= 15 is 0 Å². The molecule has 1 unspecified atom stereocenters. The third-order valence-electron chi connectivity index (χ3n) is 5.98. The van der Waals surface area contributed by atoms with Gasteiger partial charge in [-0.2, -0.15) is 4.31 Å². The smallest absolute Gasteiger partial charge is 0.315 e. The number of rotatable bonds is 6. The first-order valence-electron chi connectivity index (χ1n) is 11.0. The fourth-order valence-electron chi connectivity index (χ4n) is 4.21. The summed E-state index contributed by atoms with van der Waals surface area (Å²) in [6.07, 6.45) is 9.65. The molecule has 179 valence electrons. The molecule has 1 aliphatic carbocycles. The molecular weight excluding hydrogens is 426 g/mol. The van der Waals surface area contributed by atoms with Gasteiger partial charge in [0.05, 0.1) is 18.0 Å². The van der Waals surface area contributed by atoms with Crippen LogP contribution in [0.25, 0.3) is 0 Å². The molecule has 1 saturated heterocycles. The first-order chi connectivity index (χ1) is 14.5. The molecule has 1 atom stereocenters. The second kappa shape index (κ2) is 13.7. The summed E-state index contributed by atoms with van der Waals surface area (Å²) in [5.41, 5.74) is 0. The van der Waals surface area contributed by atoms with E-state index in [2.05, 4.69) is 10.6 Å². The minimum Gasteiger partial charge on any atom is -0.497 e. The van der Waals surface area contributed by atoms with Crippen molar-refractivity contribution in [2.24, 2.45) is 5.92 Å². The van der Waals surface area contributed by atoms with Crippen LogP contribution in [0, 0.1) is 26.8 Å². The maximum atomic E-state index is 13.0. The molecule has 0 spiro atoms. The van der Waals surface area contributed by atoms with Gasteiger partial charge in [-0.15, -0.1) is 0 Å². The summed E-state index contributed by atoms with van der Waals surface area (Å²) in [5, 5.41) is 5.98. The van der Waals surface area contributed by atoms with Gasteiger partial charge in [0.2, 0.25) is 10.0 Å². The molecule has 0 aromatic heterocycles. The van der Waals surface area contributed by atoms with Gasteiger partial charge in [0, 0.05) is 19.6 Å². The zero-order valence-electron chi connectivity index (χ0n) is 19.3. The van der Waals surface area contributed by atoms with Crippen LogP contribution in [0.1, 0.15) is 57.8 Å². The highest BCUT2D eigenvalue weighted by atomic mass is 32.2. The number of ether oxygens (including phenoxy) is 1. The minimum absolute atomic E-state index is 0. The van der Waals surface area contributed by atoms with Crippen LogP contribution in [0.5, 0.6) is 5.75 Å². The monoisotopic (exact) mass is 464 g/mol. The Morgan fingerprint density at radius 2 is 1.66 bits per heavy atom. The van der Waals surface area contributed by atoms with E-state index in [1.54, 1.807) is 31.4 Å². The van der Waals surface area contributed by atoms with Gasteiger partial charge in [-0.05, 0) is 55.9 Å². The number of hydrogen-bond acceptors (Lipinski definition) is 4. The molecule has 2 fully saturated rings. The molecule has 8 heteroatoms. The van der Waals surface area contributed by atoms with Gasteiger partial charge in [-0.25, -0.2) is 13.2 Å². The largest absolute Gasteiger partial charge is 0.497 e. The van der Waals surface area contributed by atoms with Crippen LogP contribution < -0.4 is 15.4 Å². The average molecular weight is 465 g/mol. The lowest BCUT2D eigenvalue weighted by Gasteiger charge is -2.32. The maximum absolute atomic E-state index is 13.0. The lowest BCUT2D eigenvalue weighted by molar-refractivity contribution is 0.229. The van der Waals surface area contributed by atoms with Gasteiger partial charge in [0.15, 0.2) is 0 Å². The normalized spacial score (nSPS) is 20.6. The van der Waals surface area contributed by atoms with Crippen LogP contribution in [0.3, 0.4) is 0 Å². The van der Waals surface area contributed by atoms with Crippen molar-refractivity contribution in [3.05, 3.63) is 45.2 Å². The van der Waals surface area contributed by atoms with E-state index in [0.717, 1.165) is 44.6 Å². The Hall–Kier alpha value is -1.80. The highest BCUT2D eigenvalue weighted by Crippen LogP contribution is 2.25. The molecule has 3 rings (SSSR count). The summed E-state index contributed by atoms with van der Waals surface area (Å²) < 4.78 is 32.6. The van der Waals surface area contributed by atoms with E-state index in [4.69, 9.17) is 4.74 Å². The number of sulfonamides is 1. The summed E-state index contributed by atoms with van der Waals surface area (Å²) in [5.74, 6) is 0.739. The number of nitrogens with one attached hydrogen (secondary N) is 2. The summed E-state index contributed by atoms with van der Waals surface area (Å²) in [4.78, 5) is 12.6. The van der Waals surface area contributed by atoms with Gasteiger partial charge in [0.25, 0.3) is 0 Å². The molecule has 2 N–H and O–H groups in total. The molecule has 1 heterocycles. The zero-order valence-corrected chi connectivity index (χ0v) is 20.1. The molecule has 32 heavy (non-hydrogen) atoms. The molecule has 1 aliphatic heterocycles. The summed E-state index contributed by atoms with van der Waals surface area (Å²) >= 11 is 0. The molecule has 2 aliphatic rings. The van der Waals surface area contributed by atoms with Crippen LogP contribution in [0.15, 0.2) is 29.2 Å². The first-order valence-corrected chi connectivity index (χ1v) is 12.5. The number of nitrogens with zero attached hydrogens (tertiary/aromatic N) is 1. The lowest BCUT2D eigenvalue weighted by Crippen LogP contribution is -2.46. The average Bonchev–Trinajstić information content (AvgIpc) is 2.74. The van der Waals surface area contributed by atoms with Gasteiger partial charge in [-0.1, -0.05) is 47.0 Å². The van der Waals surface area contributed by atoms with E-state index in [9.17, 15) is 13.2 Å². The van der Waals surface area contributed by atoms with Crippen molar-refractivity contribution in [2.45, 2.75) is 62.7 Å². The van der Waals surface area contributed by atoms with Crippen molar-refractivity contribution in [1.29, 1.82) is 0 Å². The van der Waals surface area contributed by atoms with Crippen molar-refractivity contribution < 1.29 is 17.9 Å². The second-order valence-corrected chi connectivity index (χ2v) is 10.2. The Morgan fingerprint density at radius 3 is 2.28 bits per heavy atom. The first kappa shape index (κ1) is 28.2. The Labute approximate surface area is 195 Å². The number of amides is 2. The molecule has 1 aromatic carbocycles. The predicted molar refractivity (Wildman–Crippen MR) is 127 cm³/mol. The standard InChI is InChI=1S/C22H34N3O4S.2CH2/c1-29-20-11-13-21(14-12-20)30(27,28)25-15-7-8-18(17-25)16-23-22(26)24-19-9-5-3-2-4-6-10-19;;/h11-14,18H,2-10,15-17H2,1H3,(H2,23,24,26);2*1H2. The quantitative estimate of drug-likeness (QED) is 0.656. The highest BCUT2D eigenvalue weighted by Gasteiger charge is 2.30. The number of urea groups is 1. The third kappa shape index (κ3) is 7.96. The van der Waals surface area contributed by atoms with Gasteiger partial charge >= 0.3 is 6.03 Å². The summed E-state index contributed by atoms with van der Waals surface area (Å²) in [7, 11) is -1.99. The topological polar surface area (TPSA) is 87.7 Å². The van der Waals surface area contributed by atoms with Gasteiger partial charge in [-0.3, -0.25) is 0 Å². The minimum atomic E-state index is -3.54. The number of piperidine rings is 1. The van der Waals surface area contributed by atoms with Crippen LogP contribution >= 0.6 is 0 Å². The van der Waals surface area contributed by atoms with E-state index < -0.39 is 10.0 Å². The lowest BCUT2D eigenvalue weighted by atomic mass is 9.97. The number of hydrogen-bond donors (Lipinski definition) is 2. The van der Waals surface area contributed by atoms with Crippen LogP contribution in [0.4, 0.5) is 4.79 Å². The summed E-state index contributed by atoms with van der Waals surface area (Å²) in [6, 6.07) is 7.44. The van der Waals surface area contributed by atoms with Crippen molar-refractivity contribution in [2.75, 3.05) is 26.7 Å². The molecule has 5 radical (unpaired) electrons. The molecule has 1 saturated carbocycles. The van der Waals surface area contributed by atoms with E-state index in [-0.39, 0.29) is 31.7 Å². The van der Waals surface area contributed by atoms with E-state index in [1.807, 2.05) is 0 Å². The Morgan fingerprint density at radius 1 is 1.03 bits per heavy atom. The number of carbonyl (C=O) groups is 1. The van der Waals surface area contributed by atoms with Crippen molar-refractivity contribution >= 4 is 16.1 Å². The molecular formula is C24H38N3O4S. The molecule has 0 bridgehead atoms. The Balaban J connectivity index is 0.00000256. The third-order valence-corrected chi connectivity index (χ3v) is 7.86. The van der Waals surface area contributed by atoms with E-state index in [1.165, 1.54) is 23.6 Å². The second-order valence-electron chi connectivity index (χ2n) is 8.25.